The summed E-state index contributed by atoms with van der Waals surface area (Å²) in [5.74, 6) is 1.15. The Bertz CT molecular complexity index is 289. The largest absolute Gasteiger partial charge is 0.314 e. The molecule has 0 saturated carbocycles. The van der Waals surface area contributed by atoms with Crippen molar-refractivity contribution in [1.29, 1.82) is 0 Å². The standard InChI is InChI=1S/C11H21N3S2/c1-4-7-12-9(2)6-5-8-15-11-14-13-10(3)16-11/h9,12H,4-8H2,1-3H3. The highest BCUT2D eigenvalue weighted by molar-refractivity contribution is 8.01. The van der Waals surface area contributed by atoms with Gasteiger partial charge in [-0.25, -0.2) is 0 Å². The number of nitrogens with one attached hydrogen (secondary N) is 1. The lowest BCUT2D eigenvalue weighted by atomic mass is 10.2. The fourth-order valence-corrected chi connectivity index (χ4v) is 3.23. The third kappa shape index (κ3) is 5.82. The molecule has 1 heterocycles. The maximum Gasteiger partial charge on any atom is 0.174 e. The molecule has 1 rings (SSSR count). The first-order valence-corrected chi connectivity index (χ1v) is 7.69. The first kappa shape index (κ1) is 13.9. The summed E-state index contributed by atoms with van der Waals surface area (Å²) in [6, 6.07) is 0.636. The van der Waals surface area contributed by atoms with Crippen molar-refractivity contribution in [2.45, 2.75) is 50.4 Å². The van der Waals surface area contributed by atoms with Crippen LogP contribution in [-0.2, 0) is 0 Å². The van der Waals surface area contributed by atoms with Crippen LogP contribution < -0.4 is 5.32 Å². The summed E-state index contributed by atoms with van der Waals surface area (Å²) in [6.45, 7) is 7.59. The molecule has 1 aromatic rings. The molecule has 0 aromatic carbocycles. The lowest BCUT2D eigenvalue weighted by Crippen LogP contribution is -2.26. The second kappa shape index (κ2) is 8.03. The van der Waals surface area contributed by atoms with Gasteiger partial charge in [0.2, 0.25) is 0 Å². The van der Waals surface area contributed by atoms with Crippen molar-refractivity contribution in [2.75, 3.05) is 12.3 Å². The van der Waals surface area contributed by atoms with Crippen LogP contribution in [0.3, 0.4) is 0 Å². The van der Waals surface area contributed by atoms with Gasteiger partial charge < -0.3 is 5.32 Å². The van der Waals surface area contributed by atoms with Gasteiger partial charge in [0.05, 0.1) is 0 Å². The minimum atomic E-state index is 0.636. The molecule has 1 atom stereocenters. The summed E-state index contributed by atoms with van der Waals surface area (Å²) < 4.78 is 1.10. The van der Waals surface area contributed by atoms with Gasteiger partial charge in [0.1, 0.15) is 5.01 Å². The third-order valence-corrected chi connectivity index (χ3v) is 4.32. The summed E-state index contributed by atoms with van der Waals surface area (Å²) >= 11 is 3.51. The molecule has 0 fully saturated rings. The molecular formula is C11H21N3S2. The molecule has 0 spiro atoms. The molecule has 0 aliphatic rings. The molecule has 3 nitrogen and oxygen atoms in total. The second-order valence-corrected chi connectivity index (χ2v) is 6.46. The zero-order valence-electron chi connectivity index (χ0n) is 10.3. The molecule has 0 aliphatic heterocycles. The highest BCUT2D eigenvalue weighted by Gasteiger charge is 2.03. The van der Waals surface area contributed by atoms with Crippen LogP contribution in [0.1, 0.15) is 38.1 Å². The van der Waals surface area contributed by atoms with Gasteiger partial charge in [0.25, 0.3) is 0 Å². The van der Waals surface area contributed by atoms with Crippen molar-refractivity contribution in [3.8, 4) is 0 Å². The summed E-state index contributed by atoms with van der Waals surface area (Å²) in [5, 5.41) is 12.7. The number of aromatic nitrogens is 2. The molecule has 16 heavy (non-hydrogen) atoms. The SMILES string of the molecule is CCCNC(C)CCCSc1nnc(C)s1. The van der Waals surface area contributed by atoms with E-state index in [1.807, 2.05) is 18.7 Å². The van der Waals surface area contributed by atoms with E-state index in [0.717, 1.165) is 21.6 Å². The average molecular weight is 259 g/mol. The lowest BCUT2D eigenvalue weighted by molar-refractivity contribution is 0.510. The maximum atomic E-state index is 4.10. The van der Waals surface area contributed by atoms with Gasteiger partial charge in [-0.2, -0.15) is 0 Å². The van der Waals surface area contributed by atoms with Gasteiger partial charge in [0, 0.05) is 11.8 Å². The van der Waals surface area contributed by atoms with Crippen LogP contribution in [0.4, 0.5) is 0 Å². The van der Waals surface area contributed by atoms with Gasteiger partial charge in [-0.3, -0.25) is 0 Å². The predicted octanol–water partition coefficient (Wildman–Crippen LogP) is 3.11. The smallest absolute Gasteiger partial charge is 0.174 e. The Morgan fingerprint density at radius 1 is 1.44 bits per heavy atom. The van der Waals surface area contributed by atoms with E-state index in [1.165, 1.54) is 19.3 Å². The van der Waals surface area contributed by atoms with E-state index in [0.29, 0.717) is 6.04 Å². The fraction of sp³-hybridized carbons (Fsp3) is 0.818. The quantitative estimate of drug-likeness (QED) is 0.575. The van der Waals surface area contributed by atoms with E-state index in [4.69, 9.17) is 0 Å². The maximum absolute atomic E-state index is 4.10. The summed E-state index contributed by atoms with van der Waals surface area (Å²) in [6.07, 6.45) is 3.69. The van der Waals surface area contributed by atoms with Crippen LogP contribution >= 0.6 is 23.1 Å². The topological polar surface area (TPSA) is 37.8 Å². The second-order valence-electron chi connectivity index (χ2n) is 3.93. The molecule has 0 amide bonds. The monoisotopic (exact) mass is 259 g/mol. The first-order chi connectivity index (χ1) is 7.72. The van der Waals surface area contributed by atoms with E-state index in [9.17, 15) is 0 Å². The molecule has 1 aromatic heterocycles. The van der Waals surface area contributed by atoms with Crippen molar-refractivity contribution in [3.05, 3.63) is 5.01 Å². The Balaban J connectivity index is 2.03. The summed E-state index contributed by atoms with van der Waals surface area (Å²) in [5.41, 5.74) is 0. The summed E-state index contributed by atoms with van der Waals surface area (Å²) in [4.78, 5) is 0. The molecule has 0 aliphatic carbocycles. The number of rotatable bonds is 8. The van der Waals surface area contributed by atoms with Crippen LogP contribution in [0.5, 0.6) is 0 Å². The molecule has 1 unspecified atom stereocenters. The predicted molar refractivity (Wildman–Crippen MR) is 72.4 cm³/mol. The summed E-state index contributed by atoms with van der Waals surface area (Å²) in [7, 11) is 0. The van der Waals surface area contributed by atoms with Gasteiger partial charge >= 0.3 is 0 Å². The molecule has 1 N–H and O–H groups in total. The first-order valence-electron chi connectivity index (χ1n) is 5.88. The van der Waals surface area contributed by atoms with E-state index < -0.39 is 0 Å². The molecule has 5 heteroatoms. The zero-order chi connectivity index (χ0) is 11.8. The van der Waals surface area contributed by atoms with Crippen molar-refractivity contribution >= 4 is 23.1 Å². The molecule has 0 bridgehead atoms. The minimum absolute atomic E-state index is 0.636. The number of thioether (sulfide) groups is 1. The van der Waals surface area contributed by atoms with Crippen molar-refractivity contribution < 1.29 is 0 Å². The van der Waals surface area contributed by atoms with E-state index >= 15 is 0 Å². The third-order valence-electron chi connectivity index (χ3n) is 2.26. The molecule has 0 radical (unpaired) electrons. The van der Waals surface area contributed by atoms with E-state index in [1.54, 1.807) is 11.3 Å². The Morgan fingerprint density at radius 3 is 2.88 bits per heavy atom. The van der Waals surface area contributed by atoms with Crippen molar-refractivity contribution in [2.24, 2.45) is 0 Å². The van der Waals surface area contributed by atoms with Crippen LogP contribution in [0.2, 0.25) is 0 Å². The number of aryl methyl sites for hydroxylation is 1. The molecule has 92 valence electrons. The van der Waals surface area contributed by atoms with Crippen LogP contribution in [0.15, 0.2) is 4.34 Å². The molecule has 0 saturated heterocycles. The highest BCUT2D eigenvalue weighted by Crippen LogP contribution is 2.22. The van der Waals surface area contributed by atoms with E-state index in [2.05, 4.69) is 29.4 Å². The highest BCUT2D eigenvalue weighted by atomic mass is 32.2. The number of hydrogen-bond acceptors (Lipinski definition) is 5. The zero-order valence-corrected chi connectivity index (χ0v) is 12.0. The van der Waals surface area contributed by atoms with Crippen LogP contribution in [0, 0.1) is 6.92 Å². The van der Waals surface area contributed by atoms with Gasteiger partial charge in [-0.1, -0.05) is 30.0 Å². The minimum Gasteiger partial charge on any atom is -0.314 e. The van der Waals surface area contributed by atoms with Crippen LogP contribution in [0.25, 0.3) is 0 Å². The van der Waals surface area contributed by atoms with Gasteiger partial charge in [-0.15, -0.1) is 10.2 Å². The average Bonchev–Trinajstić information content (AvgIpc) is 2.67. The normalized spacial score (nSPS) is 12.9. The Kier molecular flexibility index (Phi) is 7.00. The Morgan fingerprint density at radius 2 is 2.25 bits per heavy atom. The Hall–Kier alpha value is -0.130. The fourth-order valence-electron chi connectivity index (χ4n) is 1.38. The Labute approximate surface area is 106 Å². The van der Waals surface area contributed by atoms with Gasteiger partial charge in [-0.05, 0) is 39.7 Å². The van der Waals surface area contributed by atoms with Gasteiger partial charge in [0.15, 0.2) is 4.34 Å². The number of nitrogens with zero attached hydrogens (tertiary/aromatic N) is 2. The van der Waals surface area contributed by atoms with Crippen LogP contribution in [-0.4, -0.2) is 28.5 Å². The van der Waals surface area contributed by atoms with Crippen molar-refractivity contribution in [1.82, 2.24) is 15.5 Å². The number of hydrogen-bond donors (Lipinski definition) is 1. The van der Waals surface area contributed by atoms with Crippen molar-refractivity contribution in [3.63, 3.8) is 0 Å². The molecular weight excluding hydrogens is 238 g/mol. The van der Waals surface area contributed by atoms with E-state index in [-0.39, 0.29) is 0 Å². The lowest BCUT2D eigenvalue weighted by Gasteiger charge is -2.11.